The maximum absolute atomic E-state index is 13.7. The Balaban J connectivity index is 1.21. The third kappa shape index (κ3) is 6.39. The van der Waals surface area contributed by atoms with Gasteiger partial charge in [0.2, 0.25) is 0 Å². The summed E-state index contributed by atoms with van der Waals surface area (Å²) in [6, 6.07) is 23.0. The van der Waals surface area contributed by atoms with Gasteiger partial charge in [0.25, 0.3) is 5.91 Å². The van der Waals surface area contributed by atoms with E-state index in [1.54, 1.807) is 18.2 Å². The molecular formula is C34H40N2O4. The lowest BCUT2D eigenvalue weighted by molar-refractivity contribution is 0.0283. The molecule has 3 aromatic carbocycles. The zero-order chi connectivity index (χ0) is 28.1. The van der Waals surface area contributed by atoms with Crippen molar-refractivity contribution in [3.63, 3.8) is 0 Å². The number of hydrogen-bond acceptors (Lipinski definition) is 4. The average Bonchev–Trinajstić information content (AvgIpc) is 2.98. The Morgan fingerprint density at radius 2 is 1.52 bits per heavy atom. The largest absolute Gasteiger partial charge is 0.493 e. The number of amides is 1. The van der Waals surface area contributed by atoms with Crippen molar-refractivity contribution in [3.05, 3.63) is 89.5 Å². The van der Waals surface area contributed by atoms with Crippen LogP contribution >= 0.6 is 0 Å². The summed E-state index contributed by atoms with van der Waals surface area (Å²) in [7, 11) is 0. The van der Waals surface area contributed by atoms with Crippen LogP contribution in [-0.4, -0.2) is 59.6 Å². The summed E-state index contributed by atoms with van der Waals surface area (Å²) in [6.07, 6.45) is 4.24. The minimum absolute atomic E-state index is 0.0766. The van der Waals surface area contributed by atoms with Crippen molar-refractivity contribution in [2.75, 3.05) is 32.8 Å². The van der Waals surface area contributed by atoms with E-state index >= 15 is 0 Å². The van der Waals surface area contributed by atoms with E-state index in [9.17, 15) is 14.7 Å². The van der Waals surface area contributed by atoms with E-state index in [-0.39, 0.29) is 16.9 Å². The van der Waals surface area contributed by atoms with Gasteiger partial charge in [0.15, 0.2) is 0 Å². The maximum atomic E-state index is 13.7. The highest BCUT2D eigenvalue weighted by Crippen LogP contribution is 2.42. The Bertz CT molecular complexity index is 1320. The molecule has 0 bridgehead atoms. The van der Waals surface area contributed by atoms with Crippen LogP contribution < -0.4 is 4.74 Å². The number of benzene rings is 3. The first-order valence-electron chi connectivity index (χ1n) is 14.5. The first-order valence-corrected chi connectivity index (χ1v) is 14.5. The van der Waals surface area contributed by atoms with Crippen molar-refractivity contribution >= 4 is 11.9 Å². The molecule has 6 heteroatoms. The summed E-state index contributed by atoms with van der Waals surface area (Å²) in [5.74, 6) is 0.385. The Morgan fingerprint density at radius 3 is 2.20 bits per heavy atom. The zero-order valence-electron chi connectivity index (χ0n) is 23.6. The molecule has 1 spiro atoms. The maximum Gasteiger partial charge on any atom is 0.335 e. The molecule has 0 aromatic heterocycles. The molecule has 1 N–H and O–H groups in total. The molecule has 0 unspecified atom stereocenters. The predicted molar refractivity (Wildman–Crippen MR) is 158 cm³/mol. The number of carboxylic acids is 1. The van der Waals surface area contributed by atoms with Crippen LogP contribution in [0.4, 0.5) is 0 Å². The van der Waals surface area contributed by atoms with Gasteiger partial charge in [-0.25, -0.2) is 4.79 Å². The second-order valence-corrected chi connectivity index (χ2v) is 11.8. The SMILES string of the molecule is CC(C)COc1ccccc1CN1CCC2(CC1)CCN(C(=O)c1cc(C(=O)O)ccc1-c1ccccc1)CC2. The zero-order valence-corrected chi connectivity index (χ0v) is 23.6. The molecule has 2 heterocycles. The summed E-state index contributed by atoms with van der Waals surface area (Å²) in [6.45, 7) is 9.46. The first-order chi connectivity index (χ1) is 19.3. The lowest BCUT2D eigenvalue weighted by Crippen LogP contribution is -2.48. The quantitative estimate of drug-likeness (QED) is 0.348. The predicted octanol–water partition coefficient (Wildman–Crippen LogP) is 6.61. The second kappa shape index (κ2) is 12.3. The molecule has 40 heavy (non-hydrogen) atoms. The van der Waals surface area contributed by atoms with Crippen molar-refractivity contribution < 1.29 is 19.4 Å². The van der Waals surface area contributed by atoms with Crippen LogP contribution in [0.3, 0.4) is 0 Å². The van der Waals surface area contributed by atoms with E-state index in [0.29, 0.717) is 24.6 Å². The molecule has 0 atom stereocenters. The van der Waals surface area contributed by atoms with Gasteiger partial charge in [0, 0.05) is 30.8 Å². The van der Waals surface area contributed by atoms with Crippen molar-refractivity contribution in [1.82, 2.24) is 9.80 Å². The highest BCUT2D eigenvalue weighted by molar-refractivity contribution is 6.03. The topological polar surface area (TPSA) is 70.1 Å². The second-order valence-electron chi connectivity index (χ2n) is 11.8. The summed E-state index contributed by atoms with van der Waals surface area (Å²) in [5, 5.41) is 9.57. The Labute approximate surface area is 237 Å². The summed E-state index contributed by atoms with van der Waals surface area (Å²) >= 11 is 0. The number of hydrogen-bond donors (Lipinski definition) is 1. The van der Waals surface area contributed by atoms with Gasteiger partial charge in [0.05, 0.1) is 12.2 Å². The Hall–Kier alpha value is -3.64. The number of ether oxygens (including phenoxy) is 1. The molecule has 3 aromatic rings. The lowest BCUT2D eigenvalue weighted by Gasteiger charge is -2.47. The molecule has 0 radical (unpaired) electrons. The van der Waals surface area contributed by atoms with Crippen molar-refractivity contribution in [1.29, 1.82) is 0 Å². The molecule has 2 aliphatic heterocycles. The van der Waals surface area contributed by atoms with Gasteiger partial charge in [0.1, 0.15) is 5.75 Å². The fourth-order valence-electron chi connectivity index (χ4n) is 6.04. The summed E-state index contributed by atoms with van der Waals surface area (Å²) < 4.78 is 6.08. The van der Waals surface area contributed by atoms with Crippen LogP contribution in [0.2, 0.25) is 0 Å². The van der Waals surface area contributed by atoms with Crippen LogP contribution in [0, 0.1) is 11.3 Å². The van der Waals surface area contributed by atoms with Crippen molar-refractivity contribution in [2.24, 2.45) is 11.3 Å². The monoisotopic (exact) mass is 540 g/mol. The third-order valence-corrected chi connectivity index (χ3v) is 8.55. The molecule has 0 aliphatic carbocycles. The van der Waals surface area contributed by atoms with Gasteiger partial charge in [-0.3, -0.25) is 9.69 Å². The summed E-state index contributed by atoms with van der Waals surface area (Å²) in [4.78, 5) is 29.9. The molecule has 6 nitrogen and oxygen atoms in total. The highest BCUT2D eigenvalue weighted by atomic mass is 16.5. The van der Waals surface area contributed by atoms with Gasteiger partial charge in [-0.05, 0) is 79.4 Å². The van der Waals surface area contributed by atoms with E-state index in [1.165, 1.54) is 5.56 Å². The number of rotatable bonds is 8. The first kappa shape index (κ1) is 27.9. The Morgan fingerprint density at radius 1 is 0.875 bits per heavy atom. The van der Waals surface area contributed by atoms with Crippen LogP contribution in [0.1, 0.15) is 65.8 Å². The van der Waals surface area contributed by atoms with Gasteiger partial charge in [-0.15, -0.1) is 0 Å². The molecule has 5 rings (SSSR count). The van der Waals surface area contributed by atoms with Gasteiger partial charge in [-0.1, -0.05) is 68.4 Å². The van der Waals surface area contributed by atoms with E-state index in [2.05, 4.69) is 36.9 Å². The summed E-state index contributed by atoms with van der Waals surface area (Å²) in [5.41, 5.74) is 3.82. The van der Waals surface area contributed by atoms with E-state index < -0.39 is 5.97 Å². The average molecular weight is 541 g/mol. The van der Waals surface area contributed by atoms with Crippen LogP contribution in [0.5, 0.6) is 5.75 Å². The standard InChI is InChI=1S/C34H40N2O4/c1-25(2)24-40-31-11-7-6-10-28(31)23-35-18-14-34(15-19-35)16-20-36(21-17-34)32(37)30-22-27(33(38)39)12-13-29(30)26-8-4-3-5-9-26/h3-13,22,25H,14-21,23-24H2,1-2H3,(H,38,39). The van der Waals surface area contributed by atoms with Crippen LogP contribution in [0.25, 0.3) is 11.1 Å². The number of nitrogens with zero attached hydrogens (tertiary/aromatic N) is 2. The highest BCUT2D eigenvalue weighted by Gasteiger charge is 2.39. The fraction of sp³-hybridized carbons (Fsp3) is 0.412. The molecule has 2 saturated heterocycles. The van der Waals surface area contributed by atoms with Gasteiger partial charge in [-0.2, -0.15) is 0 Å². The normalized spacial score (nSPS) is 17.2. The van der Waals surface area contributed by atoms with Crippen molar-refractivity contribution in [2.45, 2.75) is 46.1 Å². The molecule has 2 fully saturated rings. The minimum Gasteiger partial charge on any atom is -0.493 e. The number of para-hydroxylation sites is 1. The fourth-order valence-corrected chi connectivity index (χ4v) is 6.04. The number of carbonyl (C=O) groups is 2. The number of carboxylic acid groups (broad SMARTS) is 1. The molecule has 0 saturated carbocycles. The smallest absolute Gasteiger partial charge is 0.335 e. The number of aromatic carboxylic acids is 1. The van der Waals surface area contributed by atoms with Crippen molar-refractivity contribution in [3.8, 4) is 16.9 Å². The van der Waals surface area contributed by atoms with E-state index in [0.717, 1.165) is 68.8 Å². The van der Waals surface area contributed by atoms with Gasteiger partial charge >= 0.3 is 5.97 Å². The molecule has 2 aliphatic rings. The molecule has 1 amide bonds. The molecular weight excluding hydrogens is 500 g/mol. The van der Waals surface area contributed by atoms with E-state index in [1.807, 2.05) is 41.3 Å². The number of likely N-dealkylation sites (tertiary alicyclic amines) is 2. The molecule has 210 valence electrons. The Kier molecular flexibility index (Phi) is 8.55. The van der Waals surface area contributed by atoms with Gasteiger partial charge < -0.3 is 14.7 Å². The van der Waals surface area contributed by atoms with Crippen LogP contribution in [-0.2, 0) is 6.54 Å². The van der Waals surface area contributed by atoms with E-state index in [4.69, 9.17) is 4.74 Å². The number of carbonyl (C=O) groups excluding carboxylic acids is 1. The third-order valence-electron chi connectivity index (χ3n) is 8.55. The lowest BCUT2D eigenvalue weighted by atomic mass is 9.71. The van der Waals surface area contributed by atoms with Crippen LogP contribution in [0.15, 0.2) is 72.8 Å². The number of piperidine rings is 2. The minimum atomic E-state index is -1.02.